The molecule has 3 aromatic rings. The van der Waals surface area contributed by atoms with Crippen LogP contribution in [0.1, 0.15) is 29.6 Å². The second kappa shape index (κ2) is 6.67. The summed E-state index contributed by atoms with van der Waals surface area (Å²) in [5.74, 6) is 1.79. The summed E-state index contributed by atoms with van der Waals surface area (Å²) in [6.45, 7) is 0. The van der Waals surface area contributed by atoms with E-state index in [0.717, 1.165) is 17.5 Å². The van der Waals surface area contributed by atoms with Crippen molar-refractivity contribution in [2.24, 2.45) is 0 Å². The SMILES string of the molecule is COc1ccc([C@H]2C[C@@H](c3ccc(F)cc3)Nc3ncnn32)cc1OC. The summed E-state index contributed by atoms with van der Waals surface area (Å²) in [4.78, 5) is 4.31. The summed E-state index contributed by atoms with van der Waals surface area (Å²) in [6.07, 6.45) is 2.28. The van der Waals surface area contributed by atoms with Gasteiger partial charge in [0.15, 0.2) is 11.5 Å². The summed E-state index contributed by atoms with van der Waals surface area (Å²) in [5, 5.41) is 7.74. The van der Waals surface area contributed by atoms with E-state index in [4.69, 9.17) is 9.47 Å². The molecule has 1 N–H and O–H groups in total. The Morgan fingerprint density at radius 2 is 1.77 bits per heavy atom. The Kier molecular flexibility index (Phi) is 4.20. The number of halogens is 1. The number of benzene rings is 2. The van der Waals surface area contributed by atoms with Crippen molar-refractivity contribution in [1.29, 1.82) is 0 Å². The molecule has 0 bridgehead atoms. The van der Waals surface area contributed by atoms with Gasteiger partial charge in [0.05, 0.1) is 26.3 Å². The maximum absolute atomic E-state index is 13.3. The molecule has 0 aliphatic carbocycles. The van der Waals surface area contributed by atoms with Crippen LogP contribution in [0.15, 0.2) is 48.8 Å². The fraction of sp³-hybridized carbons (Fsp3) is 0.263. The monoisotopic (exact) mass is 354 g/mol. The third-order valence-electron chi connectivity index (χ3n) is 4.70. The largest absolute Gasteiger partial charge is 0.493 e. The van der Waals surface area contributed by atoms with Gasteiger partial charge < -0.3 is 14.8 Å². The van der Waals surface area contributed by atoms with Crippen LogP contribution in [0.4, 0.5) is 10.3 Å². The fourth-order valence-electron chi connectivity index (χ4n) is 3.37. The number of nitrogens with one attached hydrogen (secondary N) is 1. The average molecular weight is 354 g/mol. The Morgan fingerprint density at radius 1 is 1.04 bits per heavy atom. The zero-order chi connectivity index (χ0) is 18.1. The lowest BCUT2D eigenvalue weighted by Gasteiger charge is -2.32. The van der Waals surface area contributed by atoms with E-state index >= 15 is 0 Å². The van der Waals surface area contributed by atoms with E-state index in [0.29, 0.717) is 17.4 Å². The molecule has 0 fully saturated rings. The van der Waals surface area contributed by atoms with Gasteiger partial charge in [-0.15, -0.1) is 0 Å². The van der Waals surface area contributed by atoms with E-state index in [-0.39, 0.29) is 17.9 Å². The molecule has 0 saturated carbocycles. The van der Waals surface area contributed by atoms with Crippen molar-refractivity contribution in [1.82, 2.24) is 14.8 Å². The Labute approximate surface area is 150 Å². The molecule has 1 aromatic heterocycles. The lowest BCUT2D eigenvalue weighted by Crippen LogP contribution is -2.28. The molecule has 0 saturated heterocycles. The Morgan fingerprint density at radius 3 is 2.50 bits per heavy atom. The smallest absolute Gasteiger partial charge is 0.222 e. The van der Waals surface area contributed by atoms with Crippen molar-refractivity contribution in [3.63, 3.8) is 0 Å². The first-order valence-electron chi connectivity index (χ1n) is 8.33. The molecular formula is C19H19FN4O2. The minimum Gasteiger partial charge on any atom is -0.493 e. The van der Waals surface area contributed by atoms with Crippen molar-refractivity contribution in [2.75, 3.05) is 19.5 Å². The third kappa shape index (κ3) is 2.85. The van der Waals surface area contributed by atoms with Crippen LogP contribution in [0.3, 0.4) is 0 Å². The predicted octanol–water partition coefficient (Wildman–Crippen LogP) is 3.58. The molecular weight excluding hydrogens is 335 g/mol. The Balaban J connectivity index is 1.72. The highest BCUT2D eigenvalue weighted by molar-refractivity contribution is 5.46. The van der Waals surface area contributed by atoms with Crippen molar-refractivity contribution in [3.05, 3.63) is 65.7 Å². The molecule has 2 atom stereocenters. The molecule has 134 valence electrons. The third-order valence-corrected chi connectivity index (χ3v) is 4.70. The van der Waals surface area contributed by atoms with E-state index in [1.54, 1.807) is 26.4 Å². The first-order chi connectivity index (χ1) is 12.7. The zero-order valence-corrected chi connectivity index (χ0v) is 14.5. The van der Waals surface area contributed by atoms with Gasteiger partial charge >= 0.3 is 0 Å². The van der Waals surface area contributed by atoms with Crippen LogP contribution in [0.5, 0.6) is 11.5 Å². The van der Waals surface area contributed by atoms with Crippen LogP contribution in [0.25, 0.3) is 0 Å². The minimum absolute atomic E-state index is 0.00500. The lowest BCUT2D eigenvalue weighted by molar-refractivity contribution is 0.352. The van der Waals surface area contributed by atoms with Crippen LogP contribution < -0.4 is 14.8 Å². The van der Waals surface area contributed by atoms with E-state index in [9.17, 15) is 4.39 Å². The standard InChI is InChI=1S/C19H19FN4O2/c1-25-17-8-5-13(9-18(17)26-2)16-10-15(12-3-6-14(20)7-4-12)23-19-21-11-22-24(16)19/h3-9,11,15-16H,10H2,1-2H3,(H,21,22,23)/t15-,16+/m0/s1. The van der Waals surface area contributed by atoms with Gasteiger partial charge in [0.2, 0.25) is 5.95 Å². The molecule has 0 amide bonds. The number of hydrogen-bond acceptors (Lipinski definition) is 5. The first kappa shape index (κ1) is 16.4. The molecule has 1 aliphatic rings. The van der Waals surface area contributed by atoms with Gasteiger partial charge in [-0.05, 0) is 41.8 Å². The molecule has 26 heavy (non-hydrogen) atoms. The number of fused-ring (bicyclic) bond motifs is 1. The van der Waals surface area contributed by atoms with Crippen LogP contribution in [0, 0.1) is 5.82 Å². The maximum atomic E-state index is 13.3. The molecule has 0 radical (unpaired) electrons. The van der Waals surface area contributed by atoms with Crippen LogP contribution in [-0.4, -0.2) is 29.0 Å². The van der Waals surface area contributed by atoms with Gasteiger partial charge in [-0.1, -0.05) is 18.2 Å². The summed E-state index contributed by atoms with van der Waals surface area (Å²) >= 11 is 0. The summed E-state index contributed by atoms with van der Waals surface area (Å²) < 4.78 is 25.9. The van der Waals surface area contributed by atoms with E-state index in [2.05, 4.69) is 15.4 Å². The second-order valence-corrected chi connectivity index (χ2v) is 6.14. The number of rotatable bonds is 4. The highest BCUT2D eigenvalue weighted by atomic mass is 19.1. The zero-order valence-electron chi connectivity index (χ0n) is 14.5. The number of methoxy groups -OCH3 is 2. The van der Waals surface area contributed by atoms with Crippen molar-refractivity contribution < 1.29 is 13.9 Å². The predicted molar refractivity (Wildman–Crippen MR) is 95.1 cm³/mol. The quantitative estimate of drug-likeness (QED) is 0.776. The highest BCUT2D eigenvalue weighted by Crippen LogP contribution is 2.39. The number of anilines is 1. The van der Waals surface area contributed by atoms with Crippen LogP contribution >= 0.6 is 0 Å². The number of nitrogens with zero attached hydrogens (tertiary/aromatic N) is 3. The average Bonchev–Trinajstić information content (AvgIpc) is 3.16. The summed E-state index contributed by atoms with van der Waals surface area (Å²) in [5.41, 5.74) is 2.05. The number of hydrogen-bond donors (Lipinski definition) is 1. The summed E-state index contributed by atoms with van der Waals surface area (Å²) in [7, 11) is 3.23. The molecule has 1 aliphatic heterocycles. The van der Waals surface area contributed by atoms with E-state index < -0.39 is 0 Å². The molecule has 4 rings (SSSR count). The maximum Gasteiger partial charge on any atom is 0.222 e. The number of ether oxygens (including phenoxy) is 2. The topological polar surface area (TPSA) is 61.2 Å². The fourth-order valence-corrected chi connectivity index (χ4v) is 3.37. The molecule has 0 spiro atoms. The number of aromatic nitrogens is 3. The van der Waals surface area contributed by atoms with Crippen molar-refractivity contribution >= 4 is 5.95 Å². The van der Waals surface area contributed by atoms with Gasteiger partial charge in [-0.3, -0.25) is 0 Å². The Hall–Kier alpha value is -3.09. The molecule has 0 unspecified atom stereocenters. The summed E-state index contributed by atoms with van der Waals surface area (Å²) in [6, 6.07) is 12.4. The molecule has 7 heteroatoms. The molecule has 6 nitrogen and oxygen atoms in total. The minimum atomic E-state index is -0.246. The van der Waals surface area contributed by atoms with Gasteiger partial charge in [-0.2, -0.15) is 10.1 Å². The van der Waals surface area contributed by atoms with Crippen LogP contribution in [-0.2, 0) is 0 Å². The van der Waals surface area contributed by atoms with E-state index in [1.165, 1.54) is 18.5 Å². The molecule has 2 aromatic carbocycles. The van der Waals surface area contributed by atoms with Gasteiger partial charge in [-0.25, -0.2) is 9.07 Å². The van der Waals surface area contributed by atoms with Gasteiger partial charge in [0.1, 0.15) is 12.1 Å². The van der Waals surface area contributed by atoms with Crippen molar-refractivity contribution in [3.8, 4) is 11.5 Å². The Bertz CT molecular complexity index is 910. The van der Waals surface area contributed by atoms with Gasteiger partial charge in [0, 0.05) is 0 Å². The first-order valence-corrected chi connectivity index (χ1v) is 8.33. The lowest BCUT2D eigenvalue weighted by atomic mass is 9.93. The highest BCUT2D eigenvalue weighted by Gasteiger charge is 2.30. The van der Waals surface area contributed by atoms with Crippen molar-refractivity contribution in [2.45, 2.75) is 18.5 Å². The molecule has 2 heterocycles. The second-order valence-electron chi connectivity index (χ2n) is 6.14. The van der Waals surface area contributed by atoms with E-state index in [1.807, 2.05) is 22.9 Å². The normalized spacial score (nSPS) is 18.7. The van der Waals surface area contributed by atoms with Gasteiger partial charge in [0.25, 0.3) is 0 Å². The van der Waals surface area contributed by atoms with Crippen LogP contribution in [0.2, 0.25) is 0 Å².